The molecule has 1 aromatic rings. The summed E-state index contributed by atoms with van der Waals surface area (Å²) in [6, 6.07) is 2.79. The van der Waals surface area contributed by atoms with E-state index in [9.17, 15) is 8.42 Å². The Bertz CT molecular complexity index is 378. The summed E-state index contributed by atoms with van der Waals surface area (Å²) in [5.74, 6) is 0. The van der Waals surface area contributed by atoms with Gasteiger partial charge in [-0.15, -0.1) is 0 Å². The molecule has 0 spiro atoms. The van der Waals surface area contributed by atoms with Crippen LogP contribution in [0.15, 0.2) is 18.3 Å². The largest absolute Gasteiger partial charge is 0.296 e. The molecule has 0 aliphatic carbocycles. The monoisotopic (exact) mass is 207 g/mol. The minimum atomic E-state index is -3.73. The third-order valence-electron chi connectivity index (χ3n) is 0.987. The molecule has 0 fully saturated rings. The number of pyridine rings is 1. The SMILES string of the molecule is NS(=O)(=O)Nc1ccnc(Cl)c1. The molecule has 5 nitrogen and oxygen atoms in total. The first kappa shape index (κ1) is 9.24. The number of hydrogen-bond donors (Lipinski definition) is 2. The van der Waals surface area contributed by atoms with Gasteiger partial charge in [0.25, 0.3) is 10.2 Å². The van der Waals surface area contributed by atoms with E-state index in [1.54, 1.807) is 0 Å². The molecule has 0 aromatic carbocycles. The fourth-order valence-electron chi connectivity index (χ4n) is 0.630. The average molecular weight is 208 g/mol. The van der Waals surface area contributed by atoms with Gasteiger partial charge in [0, 0.05) is 6.20 Å². The molecule has 1 aromatic heterocycles. The molecule has 0 saturated heterocycles. The van der Waals surface area contributed by atoms with Crippen LogP contribution in [0.4, 0.5) is 5.69 Å². The van der Waals surface area contributed by atoms with Gasteiger partial charge >= 0.3 is 0 Å². The minimum absolute atomic E-state index is 0.198. The van der Waals surface area contributed by atoms with E-state index in [2.05, 4.69) is 4.98 Å². The van der Waals surface area contributed by atoms with Crippen molar-refractivity contribution in [3.05, 3.63) is 23.5 Å². The molecule has 7 heteroatoms. The highest BCUT2D eigenvalue weighted by molar-refractivity contribution is 7.90. The lowest BCUT2D eigenvalue weighted by molar-refractivity contribution is 0.603. The van der Waals surface area contributed by atoms with Gasteiger partial charge in [0.05, 0.1) is 5.69 Å². The lowest BCUT2D eigenvalue weighted by Gasteiger charge is -2.01. The first-order chi connectivity index (χ1) is 5.47. The van der Waals surface area contributed by atoms with E-state index in [-0.39, 0.29) is 10.8 Å². The summed E-state index contributed by atoms with van der Waals surface area (Å²) in [4.78, 5) is 3.66. The summed E-state index contributed by atoms with van der Waals surface area (Å²) in [6.45, 7) is 0. The fraction of sp³-hybridized carbons (Fsp3) is 0. The Balaban J connectivity index is 2.91. The van der Waals surface area contributed by atoms with E-state index in [0.29, 0.717) is 0 Å². The first-order valence-corrected chi connectivity index (χ1v) is 4.82. The van der Waals surface area contributed by atoms with Crippen molar-refractivity contribution in [3.8, 4) is 0 Å². The van der Waals surface area contributed by atoms with Crippen LogP contribution in [0.25, 0.3) is 0 Å². The van der Waals surface area contributed by atoms with Crippen LogP contribution >= 0.6 is 11.6 Å². The topological polar surface area (TPSA) is 85.1 Å². The second-order valence-corrected chi connectivity index (χ2v) is 3.70. The maximum Gasteiger partial charge on any atom is 0.296 e. The Labute approximate surface area is 74.7 Å². The third-order valence-corrected chi connectivity index (χ3v) is 1.71. The maximum absolute atomic E-state index is 10.5. The molecule has 0 atom stereocenters. The number of anilines is 1. The number of halogens is 1. The lowest BCUT2D eigenvalue weighted by Crippen LogP contribution is -2.21. The molecule has 1 rings (SSSR count). The van der Waals surface area contributed by atoms with E-state index in [1.807, 2.05) is 4.72 Å². The zero-order chi connectivity index (χ0) is 9.19. The van der Waals surface area contributed by atoms with Crippen molar-refractivity contribution >= 4 is 27.5 Å². The predicted octanol–water partition coefficient (Wildman–Crippen LogP) is 0.350. The zero-order valence-corrected chi connectivity index (χ0v) is 7.43. The second-order valence-electron chi connectivity index (χ2n) is 2.01. The summed E-state index contributed by atoms with van der Waals surface area (Å²) in [7, 11) is -3.73. The van der Waals surface area contributed by atoms with E-state index >= 15 is 0 Å². The number of hydrogen-bond acceptors (Lipinski definition) is 3. The van der Waals surface area contributed by atoms with Crippen LogP contribution in [0, 0.1) is 0 Å². The van der Waals surface area contributed by atoms with Crippen molar-refractivity contribution in [1.29, 1.82) is 0 Å². The Morgan fingerprint density at radius 2 is 2.25 bits per heavy atom. The molecule has 3 N–H and O–H groups in total. The van der Waals surface area contributed by atoms with Gasteiger partial charge in [0.15, 0.2) is 0 Å². The molecule has 66 valence electrons. The predicted molar refractivity (Wildman–Crippen MR) is 46.0 cm³/mol. The van der Waals surface area contributed by atoms with Crippen LogP contribution in [0.1, 0.15) is 0 Å². The van der Waals surface area contributed by atoms with Crippen molar-refractivity contribution in [2.75, 3.05) is 4.72 Å². The molecule has 0 aliphatic heterocycles. The van der Waals surface area contributed by atoms with Crippen molar-refractivity contribution in [1.82, 2.24) is 4.98 Å². The van der Waals surface area contributed by atoms with Crippen LogP contribution in [0.2, 0.25) is 5.15 Å². The Morgan fingerprint density at radius 3 is 2.75 bits per heavy atom. The summed E-state index contributed by atoms with van der Waals surface area (Å²) in [6.07, 6.45) is 1.37. The molecular weight excluding hydrogens is 202 g/mol. The average Bonchev–Trinajstić information content (AvgIpc) is 1.82. The molecule has 0 saturated carbocycles. The number of nitrogens with two attached hydrogens (primary N) is 1. The first-order valence-electron chi connectivity index (χ1n) is 2.89. The maximum atomic E-state index is 10.5. The Hall–Kier alpha value is -0.850. The van der Waals surface area contributed by atoms with Crippen LogP contribution < -0.4 is 9.86 Å². The Kier molecular flexibility index (Phi) is 2.51. The highest BCUT2D eigenvalue weighted by atomic mass is 35.5. The molecule has 0 bridgehead atoms. The van der Waals surface area contributed by atoms with Crippen molar-refractivity contribution in [2.45, 2.75) is 0 Å². The molecule has 0 unspecified atom stereocenters. The van der Waals surface area contributed by atoms with Gasteiger partial charge in [-0.1, -0.05) is 11.6 Å². The van der Waals surface area contributed by atoms with Crippen molar-refractivity contribution in [3.63, 3.8) is 0 Å². The molecule has 0 amide bonds. The van der Waals surface area contributed by atoms with Crippen molar-refractivity contribution in [2.24, 2.45) is 5.14 Å². The number of nitrogens with one attached hydrogen (secondary N) is 1. The fourth-order valence-corrected chi connectivity index (χ4v) is 1.26. The van der Waals surface area contributed by atoms with Gasteiger partial charge in [-0.05, 0) is 12.1 Å². The van der Waals surface area contributed by atoms with Crippen molar-refractivity contribution < 1.29 is 8.42 Å². The molecule has 12 heavy (non-hydrogen) atoms. The van der Waals surface area contributed by atoms with E-state index in [1.165, 1.54) is 18.3 Å². The summed E-state index contributed by atoms with van der Waals surface area (Å²) in [5.41, 5.74) is 0.289. The minimum Gasteiger partial charge on any atom is -0.271 e. The van der Waals surface area contributed by atoms with E-state index in [4.69, 9.17) is 16.7 Å². The summed E-state index contributed by atoms with van der Waals surface area (Å²) in [5, 5.41) is 4.91. The Morgan fingerprint density at radius 1 is 1.58 bits per heavy atom. The number of nitrogens with zero attached hydrogens (tertiary/aromatic N) is 1. The van der Waals surface area contributed by atoms with Gasteiger partial charge in [0.2, 0.25) is 0 Å². The van der Waals surface area contributed by atoms with Gasteiger partial charge < -0.3 is 0 Å². The van der Waals surface area contributed by atoms with Crippen LogP contribution in [0.3, 0.4) is 0 Å². The van der Waals surface area contributed by atoms with E-state index in [0.717, 1.165) is 0 Å². The highest BCUT2D eigenvalue weighted by Crippen LogP contribution is 2.11. The normalized spacial score (nSPS) is 11.2. The standard InChI is InChI=1S/C5H6ClN3O2S/c6-5-3-4(1-2-8-5)9-12(7,10)11/h1-3H,(H,8,9)(H2,7,10,11). The smallest absolute Gasteiger partial charge is 0.271 e. The van der Waals surface area contributed by atoms with E-state index < -0.39 is 10.2 Å². The molecule has 0 radical (unpaired) electrons. The van der Waals surface area contributed by atoms with Crippen LogP contribution in [-0.4, -0.2) is 13.4 Å². The molecule has 1 heterocycles. The van der Waals surface area contributed by atoms with Gasteiger partial charge in [0.1, 0.15) is 5.15 Å². The number of aromatic nitrogens is 1. The lowest BCUT2D eigenvalue weighted by atomic mass is 10.4. The quantitative estimate of drug-likeness (QED) is 0.687. The molecular formula is C5H6ClN3O2S. The second kappa shape index (κ2) is 3.26. The van der Waals surface area contributed by atoms with Gasteiger partial charge in [-0.2, -0.15) is 8.42 Å². The number of rotatable bonds is 2. The van der Waals surface area contributed by atoms with Crippen LogP contribution in [0.5, 0.6) is 0 Å². The summed E-state index contributed by atoms with van der Waals surface area (Å²) >= 11 is 5.49. The van der Waals surface area contributed by atoms with Gasteiger partial charge in [-0.3, -0.25) is 4.72 Å². The van der Waals surface area contributed by atoms with Gasteiger partial charge in [-0.25, -0.2) is 10.1 Å². The highest BCUT2D eigenvalue weighted by Gasteiger charge is 2.01. The summed E-state index contributed by atoms with van der Waals surface area (Å²) < 4.78 is 23.1. The van der Waals surface area contributed by atoms with Crippen LogP contribution in [-0.2, 0) is 10.2 Å². The molecule has 0 aliphatic rings. The third kappa shape index (κ3) is 3.04. The zero-order valence-electron chi connectivity index (χ0n) is 5.86.